The molecular weight excluding hydrogens is 302 g/mol. The molecule has 1 aromatic rings. The minimum atomic E-state index is -0.0507. The Morgan fingerprint density at radius 1 is 1.38 bits per heavy atom. The molecule has 0 bridgehead atoms. The minimum Gasteiger partial charge on any atom is -0.345 e. The van der Waals surface area contributed by atoms with Crippen LogP contribution in [0.4, 0.5) is 5.69 Å². The molecule has 2 unspecified atom stereocenters. The van der Waals surface area contributed by atoms with Crippen LogP contribution >= 0.6 is 0 Å². The highest BCUT2D eigenvalue weighted by atomic mass is 16.2. The van der Waals surface area contributed by atoms with Gasteiger partial charge in [0.25, 0.3) is 5.91 Å². The third-order valence-electron chi connectivity index (χ3n) is 4.81. The molecule has 1 heterocycles. The van der Waals surface area contributed by atoms with Crippen LogP contribution in [0.2, 0.25) is 0 Å². The van der Waals surface area contributed by atoms with Gasteiger partial charge < -0.3 is 15.5 Å². The van der Waals surface area contributed by atoms with E-state index in [9.17, 15) is 9.59 Å². The van der Waals surface area contributed by atoms with Crippen LogP contribution in [0.25, 0.3) is 0 Å². The normalized spacial score (nSPS) is 18.8. The zero-order valence-corrected chi connectivity index (χ0v) is 15.2. The summed E-state index contributed by atoms with van der Waals surface area (Å²) >= 11 is 0. The maximum absolute atomic E-state index is 12.3. The fourth-order valence-corrected chi connectivity index (χ4v) is 3.21. The Labute approximate surface area is 144 Å². The van der Waals surface area contributed by atoms with E-state index in [0.717, 1.165) is 18.7 Å². The largest absolute Gasteiger partial charge is 0.345 e. The lowest BCUT2D eigenvalue weighted by atomic mass is 9.85. The van der Waals surface area contributed by atoms with Gasteiger partial charge in [0.15, 0.2) is 0 Å². The zero-order chi connectivity index (χ0) is 17.7. The number of amides is 2. The van der Waals surface area contributed by atoms with Crippen LogP contribution in [0.3, 0.4) is 0 Å². The quantitative estimate of drug-likeness (QED) is 0.872. The lowest BCUT2D eigenvalue weighted by Gasteiger charge is -2.28. The van der Waals surface area contributed by atoms with Crippen LogP contribution in [0.5, 0.6) is 0 Å². The van der Waals surface area contributed by atoms with E-state index in [4.69, 9.17) is 0 Å². The molecule has 2 rings (SSSR count). The summed E-state index contributed by atoms with van der Waals surface area (Å²) in [6.45, 7) is 6.13. The van der Waals surface area contributed by atoms with Crippen LogP contribution in [-0.4, -0.2) is 43.9 Å². The number of nitrogens with zero attached hydrogens (tertiary/aromatic N) is 1. The molecule has 1 aliphatic heterocycles. The van der Waals surface area contributed by atoms with Crippen LogP contribution in [0, 0.1) is 18.8 Å². The summed E-state index contributed by atoms with van der Waals surface area (Å²) in [6, 6.07) is 5.50. The van der Waals surface area contributed by atoms with E-state index in [-0.39, 0.29) is 11.8 Å². The molecular formula is C19H29N3O2. The predicted octanol–water partition coefficient (Wildman–Crippen LogP) is 2.66. The minimum absolute atomic E-state index is 0.0141. The molecule has 1 fully saturated rings. The van der Waals surface area contributed by atoms with Gasteiger partial charge in [0.2, 0.25) is 5.91 Å². The second-order valence-corrected chi connectivity index (χ2v) is 7.07. The van der Waals surface area contributed by atoms with E-state index in [1.54, 1.807) is 25.1 Å². The number of aryl methyl sites for hydroxylation is 1. The lowest BCUT2D eigenvalue weighted by Crippen LogP contribution is -2.34. The Morgan fingerprint density at radius 2 is 2.12 bits per heavy atom. The van der Waals surface area contributed by atoms with E-state index in [1.165, 1.54) is 12.8 Å². The standard InChI is InChI=1S/C19H29N3O2/c1-13-7-8-16(11-17(13)19(24)22(3)4)21-18(23)10-14(2)15-6-5-9-20-12-15/h7-8,11,14-15,20H,5-6,9-10,12H2,1-4H3,(H,21,23). The SMILES string of the molecule is Cc1ccc(NC(=O)CC(C)C2CCCNC2)cc1C(=O)N(C)C. The van der Waals surface area contributed by atoms with Crippen molar-refractivity contribution in [2.45, 2.75) is 33.1 Å². The Kier molecular flexibility index (Phi) is 6.37. The van der Waals surface area contributed by atoms with Gasteiger partial charge in [-0.25, -0.2) is 0 Å². The van der Waals surface area contributed by atoms with Gasteiger partial charge in [-0.1, -0.05) is 13.0 Å². The average molecular weight is 331 g/mol. The van der Waals surface area contributed by atoms with Gasteiger partial charge in [0, 0.05) is 31.8 Å². The molecule has 2 N–H and O–H groups in total. The summed E-state index contributed by atoms with van der Waals surface area (Å²) in [6.07, 6.45) is 2.88. The van der Waals surface area contributed by atoms with Crippen molar-refractivity contribution in [1.29, 1.82) is 0 Å². The monoisotopic (exact) mass is 331 g/mol. The highest BCUT2D eigenvalue weighted by Crippen LogP contribution is 2.23. The van der Waals surface area contributed by atoms with Crippen molar-refractivity contribution in [2.75, 3.05) is 32.5 Å². The first-order chi connectivity index (χ1) is 11.4. The first kappa shape index (κ1) is 18.5. The number of nitrogens with one attached hydrogen (secondary N) is 2. The highest BCUT2D eigenvalue weighted by molar-refractivity contribution is 5.98. The van der Waals surface area contributed by atoms with Gasteiger partial charge in [-0.3, -0.25) is 9.59 Å². The Balaban J connectivity index is 1.98. The van der Waals surface area contributed by atoms with Crippen molar-refractivity contribution in [2.24, 2.45) is 11.8 Å². The molecule has 0 spiro atoms. The number of hydrogen-bond donors (Lipinski definition) is 2. The summed E-state index contributed by atoms with van der Waals surface area (Å²) in [4.78, 5) is 26.1. The third-order valence-corrected chi connectivity index (χ3v) is 4.81. The van der Waals surface area contributed by atoms with Gasteiger partial charge >= 0.3 is 0 Å². The van der Waals surface area contributed by atoms with E-state index < -0.39 is 0 Å². The lowest BCUT2D eigenvalue weighted by molar-refractivity contribution is -0.117. The molecule has 132 valence electrons. The number of hydrogen-bond acceptors (Lipinski definition) is 3. The van der Waals surface area contributed by atoms with Gasteiger partial charge in [0.05, 0.1) is 0 Å². The highest BCUT2D eigenvalue weighted by Gasteiger charge is 2.22. The second-order valence-electron chi connectivity index (χ2n) is 7.07. The van der Waals surface area contributed by atoms with Gasteiger partial charge in [0.1, 0.15) is 0 Å². The van der Waals surface area contributed by atoms with Crippen LogP contribution in [0.15, 0.2) is 18.2 Å². The molecule has 5 heteroatoms. The summed E-state index contributed by atoms with van der Waals surface area (Å²) in [5, 5.41) is 6.34. The van der Waals surface area contributed by atoms with Crippen molar-refractivity contribution in [3.8, 4) is 0 Å². The van der Waals surface area contributed by atoms with Crippen LogP contribution in [-0.2, 0) is 4.79 Å². The summed E-state index contributed by atoms with van der Waals surface area (Å²) in [5.41, 5.74) is 2.22. The number of anilines is 1. The van der Waals surface area contributed by atoms with Crippen molar-refractivity contribution >= 4 is 17.5 Å². The molecule has 1 aromatic carbocycles. The number of piperidine rings is 1. The molecule has 2 amide bonds. The summed E-state index contributed by atoms with van der Waals surface area (Å²) in [7, 11) is 3.46. The third kappa shape index (κ3) is 4.81. The fraction of sp³-hybridized carbons (Fsp3) is 0.579. The molecule has 0 saturated carbocycles. The fourth-order valence-electron chi connectivity index (χ4n) is 3.21. The van der Waals surface area contributed by atoms with Crippen molar-refractivity contribution in [1.82, 2.24) is 10.2 Å². The summed E-state index contributed by atoms with van der Waals surface area (Å²) < 4.78 is 0. The van der Waals surface area contributed by atoms with Gasteiger partial charge in [-0.15, -0.1) is 0 Å². The first-order valence-corrected chi connectivity index (χ1v) is 8.71. The molecule has 2 atom stereocenters. The number of benzene rings is 1. The first-order valence-electron chi connectivity index (χ1n) is 8.71. The zero-order valence-electron chi connectivity index (χ0n) is 15.2. The van der Waals surface area contributed by atoms with E-state index in [0.29, 0.717) is 29.5 Å². The van der Waals surface area contributed by atoms with E-state index >= 15 is 0 Å². The Morgan fingerprint density at radius 3 is 2.75 bits per heavy atom. The predicted molar refractivity (Wildman–Crippen MR) is 97.2 cm³/mol. The van der Waals surface area contributed by atoms with Crippen LogP contribution in [0.1, 0.15) is 42.1 Å². The molecule has 0 aliphatic carbocycles. The number of carbonyl (C=O) groups is 2. The number of carbonyl (C=O) groups excluding carboxylic acids is 2. The van der Waals surface area contributed by atoms with Gasteiger partial charge in [-0.05, 0) is 62.4 Å². The molecule has 0 radical (unpaired) electrons. The summed E-state index contributed by atoms with van der Waals surface area (Å²) in [5.74, 6) is 0.880. The second kappa shape index (κ2) is 8.29. The molecule has 0 aromatic heterocycles. The van der Waals surface area contributed by atoms with Crippen LogP contribution < -0.4 is 10.6 Å². The average Bonchev–Trinajstić information content (AvgIpc) is 2.56. The van der Waals surface area contributed by atoms with Crippen molar-refractivity contribution < 1.29 is 9.59 Å². The van der Waals surface area contributed by atoms with E-state index in [1.807, 2.05) is 19.1 Å². The molecule has 1 aliphatic rings. The van der Waals surface area contributed by atoms with Crippen molar-refractivity contribution in [3.63, 3.8) is 0 Å². The molecule has 5 nitrogen and oxygen atoms in total. The van der Waals surface area contributed by atoms with Crippen molar-refractivity contribution in [3.05, 3.63) is 29.3 Å². The van der Waals surface area contributed by atoms with E-state index in [2.05, 4.69) is 17.6 Å². The Bertz CT molecular complexity index is 592. The maximum Gasteiger partial charge on any atom is 0.253 e. The molecule has 24 heavy (non-hydrogen) atoms. The van der Waals surface area contributed by atoms with Gasteiger partial charge in [-0.2, -0.15) is 0 Å². The molecule has 1 saturated heterocycles. The maximum atomic E-state index is 12.3. The smallest absolute Gasteiger partial charge is 0.253 e. The number of rotatable bonds is 5. The topological polar surface area (TPSA) is 61.4 Å². The Hall–Kier alpha value is -1.88.